The third-order valence-electron chi connectivity index (χ3n) is 2.26. The quantitative estimate of drug-likeness (QED) is 0.743. The molecule has 0 fully saturated rings. The van der Waals surface area contributed by atoms with Gasteiger partial charge in [-0.2, -0.15) is 23.8 Å². The topological polar surface area (TPSA) is 95.9 Å². The Morgan fingerprint density at radius 1 is 1.40 bits per heavy atom. The van der Waals surface area contributed by atoms with E-state index < -0.39 is 15.4 Å². The van der Waals surface area contributed by atoms with Crippen LogP contribution in [0.15, 0.2) is 18.2 Å². The molecule has 2 aromatic rings. The molecule has 1 atom stereocenters. The van der Waals surface area contributed by atoms with Crippen molar-refractivity contribution in [3.63, 3.8) is 0 Å². The molecule has 6 nitrogen and oxygen atoms in total. The van der Waals surface area contributed by atoms with Crippen molar-refractivity contribution >= 4 is 21.2 Å². The van der Waals surface area contributed by atoms with Gasteiger partial charge in [-0.3, -0.25) is 4.55 Å². The van der Waals surface area contributed by atoms with Gasteiger partial charge in [-0.15, -0.1) is 0 Å². The van der Waals surface area contributed by atoms with Crippen molar-refractivity contribution < 1.29 is 13.0 Å². The van der Waals surface area contributed by atoms with E-state index in [4.69, 9.17) is 4.55 Å². The SMILES string of the molecule is CC(c1cccc2n[nH]nc12)S(=O)(=O)O. The first-order valence-electron chi connectivity index (χ1n) is 4.26. The molecule has 1 aromatic heterocycles. The molecule has 1 heterocycles. The van der Waals surface area contributed by atoms with Crippen LogP contribution < -0.4 is 0 Å². The fourth-order valence-electron chi connectivity index (χ4n) is 1.38. The fraction of sp³-hybridized carbons (Fsp3) is 0.250. The van der Waals surface area contributed by atoms with Crippen LogP contribution in [0.25, 0.3) is 11.0 Å². The second-order valence-electron chi connectivity index (χ2n) is 3.20. The number of hydrogen-bond donors (Lipinski definition) is 2. The van der Waals surface area contributed by atoms with Gasteiger partial charge in [-0.05, 0) is 13.0 Å². The lowest BCUT2D eigenvalue weighted by Crippen LogP contribution is -2.08. The van der Waals surface area contributed by atoms with Crippen LogP contribution in [0.4, 0.5) is 0 Å². The molecular formula is C8H9N3O3S. The summed E-state index contributed by atoms with van der Waals surface area (Å²) in [6, 6.07) is 4.98. The molecule has 15 heavy (non-hydrogen) atoms. The van der Waals surface area contributed by atoms with Gasteiger partial charge >= 0.3 is 0 Å². The van der Waals surface area contributed by atoms with Crippen molar-refractivity contribution in [2.45, 2.75) is 12.2 Å². The van der Waals surface area contributed by atoms with Crippen molar-refractivity contribution in [3.8, 4) is 0 Å². The molecule has 7 heteroatoms. The van der Waals surface area contributed by atoms with Gasteiger partial charge in [-0.25, -0.2) is 0 Å². The highest BCUT2D eigenvalue weighted by molar-refractivity contribution is 7.86. The summed E-state index contributed by atoms with van der Waals surface area (Å²) in [6.07, 6.45) is 0. The minimum absolute atomic E-state index is 0.434. The Balaban J connectivity index is 2.66. The van der Waals surface area contributed by atoms with Gasteiger partial charge in [0.1, 0.15) is 16.3 Å². The summed E-state index contributed by atoms with van der Waals surface area (Å²) >= 11 is 0. The van der Waals surface area contributed by atoms with Crippen LogP contribution in [0, 0.1) is 0 Å². The Morgan fingerprint density at radius 3 is 2.80 bits per heavy atom. The number of nitrogens with zero attached hydrogens (tertiary/aromatic N) is 2. The Bertz CT molecular complexity index is 590. The lowest BCUT2D eigenvalue weighted by Gasteiger charge is -2.07. The molecule has 1 unspecified atom stereocenters. The maximum absolute atomic E-state index is 11.0. The maximum Gasteiger partial charge on any atom is 0.271 e. The third kappa shape index (κ3) is 1.71. The van der Waals surface area contributed by atoms with Crippen LogP contribution in [-0.2, 0) is 10.1 Å². The minimum Gasteiger partial charge on any atom is -0.285 e. The number of para-hydroxylation sites is 1. The highest BCUT2D eigenvalue weighted by Crippen LogP contribution is 2.25. The summed E-state index contributed by atoms with van der Waals surface area (Å²) in [5.74, 6) is 0. The van der Waals surface area contributed by atoms with E-state index in [9.17, 15) is 8.42 Å². The molecule has 0 spiro atoms. The second kappa shape index (κ2) is 3.28. The predicted octanol–water partition coefficient (Wildman–Crippen LogP) is 0.907. The summed E-state index contributed by atoms with van der Waals surface area (Å²) in [7, 11) is -4.11. The Labute approximate surface area is 86.1 Å². The first kappa shape index (κ1) is 10.1. The van der Waals surface area contributed by atoms with Crippen molar-refractivity contribution in [2.24, 2.45) is 0 Å². The van der Waals surface area contributed by atoms with Crippen molar-refractivity contribution in [1.29, 1.82) is 0 Å². The van der Waals surface area contributed by atoms with Crippen molar-refractivity contribution in [3.05, 3.63) is 23.8 Å². The van der Waals surface area contributed by atoms with Gasteiger partial charge in [0.2, 0.25) is 0 Å². The predicted molar refractivity (Wildman–Crippen MR) is 53.9 cm³/mol. The van der Waals surface area contributed by atoms with Crippen LogP contribution in [0.1, 0.15) is 17.7 Å². The van der Waals surface area contributed by atoms with E-state index in [0.717, 1.165) is 0 Å². The van der Waals surface area contributed by atoms with Gasteiger partial charge in [0.05, 0.1) is 0 Å². The molecule has 0 saturated heterocycles. The van der Waals surface area contributed by atoms with E-state index in [-0.39, 0.29) is 0 Å². The Hall–Kier alpha value is -1.47. The molecule has 0 radical (unpaired) electrons. The Morgan fingerprint density at radius 2 is 2.13 bits per heavy atom. The zero-order valence-electron chi connectivity index (χ0n) is 7.88. The average molecular weight is 227 g/mol. The molecule has 0 bridgehead atoms. The summed E-state index contributed by atoms with van der Waals surface area (Å²) < 4.78 is 30.9. The van der Waals surface area contributed by atoms with E-state index in [2.05, 4.69) is 15.4 Å². The highest BCUT2D eigenvalue weighted by Gasteiger charge is 2.22. The van der Waals surface area contributed by atoms with Gasteiger partial charge in [0.25, 0.3) is 10.1 Å². The van der Waals surface area contributed by atoms with Crippen LogP contribution in [0.2, 0.25) is 0 Å². The van der Waals surface area contributed by atoms with E-state index in [1.54, 1.807) is 18.2 Å². The molecule has 0 aliphatic rings. The molecule has 0 aliphatic heterocycles. The fourth-order valence-corrected chi connectivity index (χ4v) is 1.89. The zero-order chi connectivity index (χ0) is 11.1. The largest absolute Gasteiger partial charge is 0.285 e. The Kier molecular flexibility index (Phi) is 2.20. The molecule has 1 aromatic carbocycles. The first-order chi connectivity index (χ1) is 7.00. The standard InChI is InChI=1S/C8H9N3O3S/c1-5(15(12,13)14)6-3-2-4-7-8(6)10-11-9-7/h2-5H,1H3,(H,9,10,11)(H,12,13,14). The van der Waals surface area contributed by atoms with Crippen LogP contribution in [0.5, 0.6) is 0 Å². The summed E-state index contributed by atoms with van der Waals surface area (Å²) in [5, 5.41) is 9.07. The third-order valence-corrected chi connectivity index (χ3v) is 3.41. The molecule has 80 valence electrons. The van der Waals surface area contributed by atoms with Gasteiger partial charge in [0, 0.05) is 5.56 Å². The lowest BCUT2D eigenvalue weighted by molar-refractivity contribution is 0.472. The molecule has 0 aliphatic carbocycles. The van der Waals surface area contributed by atoms with Crippen LogP contribution in [-0.4, -0.2) is 28.4 Å². The van der Waals surface area contributed by atoms with Gasteiger partial charge in [0.15, 0.2) is 0 Å². The van der Waals surface area contributed by atoms with Crippen LogP contribution >= 0.6 is 0 Å². The molecule has 0 amide bonds. The zero-order valence-corrected chi connectivity index (χ0v) is 8.69. The second-order valence-corrected chi connectivity index (χ2v) is 4.93. The van der Waals surface area contributed by atoms with E-state index in [1.807, 2.05) is 0 Å². The molecule has 2 N–H and O–H groups in total. The number of aromatic nitrogens is 3. The van der Waals surface area contributed by atoms with E-state index in [1.165, 1.54) is 6.92 Å². The molecular weight excluding hydrogens is 218 g/mol. The number of nitrogens with one attached hydrogen (secondary N) is 1. The highest BCUT2D eigenvalue weighted by atomic mass is 32.2. The number of hydrogen-bond acceptors (Lipinski definition) is 4. The summed E-state index contributed by atoms with van der Waals surface area (Å²) in [6.45, 7) is 1.40. The number of fused-ring (bicyclic) bond motifs is 1. The number of aromatic amines is 1. The van der Waals surface area contributed by atoms with E-state index >= 15 is 0 Å². The van der Waals surface area contributed by atoms with Crippen molar-refractivity contribution in [1.82, 2.24) is 15.4 Å². The summed E-state index contributed by atoms with van der Waals surface area (Å²) in [5.41, 5.74) is 1.47. The number of benzene rings is 1. The minimum atomic E-state index is -4.11. The normalized spacial score (nSPS) is 14.3. The molecule has 0 saturated carbocycles. The van der Waals surface area contributed by atoms with Crippen molar-refractivity contribution in [2.75, 3.05) is 0 Å². The monoisotopic (exact) mass is 227 g/mol. The van der Waals surface area contributed by atoms with Gasteiger partial charge < -0.3 is 0 Å². The smallest absolute Gasteiger partial charge is 0.271 e. The summed E-state index contributed by atoms with van der Waals surface area (Å²) in [4.78, 5) is 0. The lowest BCUT2D eigenvalue weighted by atomic mass is 10.1. The number of H-pyrrole nitrogens is 1. The van der Waals surface area contributed by atoms with Gasteiger partial charge in [-0.1, -0.05) is 12.1 Å². The first-order valence-corrected chi connectivity index (χ1v) is 5.76. The van der Waals surface area contributed by atoms with E-state index in [0.29, 0.717) is 16.6 Å². The average Bonchev–Trinajstić information content (AvgIpc) is 2.62. The molecule has 2 rings (SSSR count). The number of rotatable bonds is 2. The van der Waals surface area contributed by atoms with Crippen LogP contribution in [0.3, 0.4) is 0 Å². The maximum atomic E-state index is 11.0.